The maximum Gasteiger partial charge on any atom is 0.317 e. The number of nitrogens with zero attached hydrogens (tertiary/aromatic N) is 3. The van der Waals surface area contributed by atoms with Gasteiger partial charge < -0.3 is 15.1 Å². The average molecular weight is 374 g/mol. The summed E-state index contributed by atoms with van der Waals surface area (Å²) >= 11 is 0. The first-order chi connectivity index (χ1) is 13.8. The number of para-hydroxylation sites is 1. The Balaban J connectivity index is 1.26. The molecule has 5 heteroatoms. The van der Waals surface area contributed by atoms with Gasteiger partial charge in [-0.3, -0.25) is 4.98 Å². The van der Waals surface area contributed by atoms with Crippen LogP contribution in [0.4, 0.5) is 10.5 Å². The molecule has 1 aliphatic rings. The number of benzene rings is 2. The molecule has 0 radical (unpaired) electrons. The molecule has 1 aromatic heterocycles. The standard InChI is InChI=1S/C23H26N4O/c28-23(25-14-5-9-19-7-2-1-3-8-19)27-17-15-26(16-18-27)21-12-4-10-20-11-6-13-24-22(20)21/h1-4,6-8,10-13H,5,9,14-18H2,(H,25,28). The van der Waals surface area contributed by atoms with Gasteiger partial charge in [-0.25, -0.2) is 4.79 Å². The Morgan fingerprint density at radius 2 is 1.71 bits per heavy atom. The normalized spacial score (nSPS) is 14.3. The van der Waals surface area contributed by atoms with Gasteiger partial charge in [0.05, 0.1) is 11.2 Å². The Bertz CT molecular complexity index is 915. The van der Waals surface area contributed by atoms with Crippen molar-refractivity contribution in [1.82, 2.24) is 15.2 Å². The Morgan fingerprint density at radius 1 is 0.929 bits per heavy atom. The zero-order chi connectivity index (χ0) is 19.2. The number of aryl methyl sites for hydroxylation is 1. The van der Waals surface area contributed by atoms with Gasteiger partial charge >= 0.3 is 6.03 Å². The van der Waals surface area contributed by atoms with Crippen molar-refractivity contribution in [3.8, 4) is 0 Å². The highest BCUT2D eigenvalue weighted by Gasteiger charge is 2.22. The summed E-state index contributed by atoms with van der Waals surface area (Å²) in [6, 6.07) is 20.8. The monoisotopic (exact) mass is 374 g/mol. The van der Waals surface area contributed by atoms with Crippen LogP contribution in [0.3, 0.4) is 0 Å². The number of hydrogen-bond acceptors (Lipinski definition) is 3. The van der Waals surface area contributed by atoms with Crippen LogP contribution in [0, 0.1) is 0 Å². The number of nitrogens with one attached hydrogen (secondary N) is 1. The third kappa shape index (κ3) is 4.25. The van der Waals surface area contributed by atoms with Crippen molar-refractivity contribution >= 4 is 22.6 Å². The van der Waals surface area contributed by atoms with Crippen molar-refractivity contribution in [3.63, 3.8) is 0 Å². The second kappa shape index (κ2) is 8.74. The van der Waals surface area contributed by atoms with Crippen molar-refractivity contribution < 1.29 is 4.79 Å². The summed E-state index contributed by atoms with van der Waals surface area (Å²) in [6.07, 6.45) is 3.78. The number of urea groups is 1. The van der Waals surface area contributed by atoms with Crippen LogP contribution < -0.4 is 10.2 Å². The number of piperazine rings is 1. The van der Waals surface area contributed by atoms with E-state index in [2.05, 4.69) is 63.7 Å². The van der Waals surface area contributed by atoms with Crippen molar-refractivity contribution in [2.24, 2.45) is 0 Å². The first-order valence-corrected chi connectivity index (χ1v) is 9.97. The second-order valence-corrected chi connectivity index (χ2v) is 7.15. The van der Waals surface area contributed by atoms with Gasteiger partial charge in [0.25, 0.3) is 0 Å². The lowest BCUT2D eigenvalue weighted by Gasteiger charge is -2.36. The predicted octanol–water partition coefficient (Wildman–Crippen LogP) is 3.70. The number of carbonyl (C=O) groups is 1. The number of fused-ring (bicyclic) bond motifs is 1. The van der Waals surface area contributed by atoms with Gasteiger partial charge in [0.2, 0.25) is 0 Å². The third-order valence-corrected chi connectivity index (χ3v) is 5.28. The zero-order valence-electron chi connectivity index (χ0n) is 16.1. The number of hydrogen-bond donors (Lipinski definition) is 1. The topological polar surface area (TPSA) is 48.5 Å². The molecule has 2 amide bonds. The largest absolute Gasteiger partial charge is 0.366 e. The lowest BCUT2D eigenvalue weighted by atomic mass is 10.1. The Labute approximate surface area is 166 Å². The molecule has 1 saturated heterocycles. The minimum atomic E-state index is 0.0451. The molecular weight excluding hydrogens is 348 g/mol. The van der Waals surface area contributed by atoms with Crippen LogP contribution in [-0.4, -0.2) is 48.6 Å². The Kier molecular flexibility index (Phi) is 5.71. The maximum atomic E-state index is 12.4. The first kappa shape index (κ1) is 18.3. The van der Waals surface area contributed by atoms with E-state index in [1.165, 1.54) is 5.56 Å². The highest BCUT2D eigenvalue weighted by molar-refractivity contribution is 5.90. The number of carbonyl (C=O) groups excluding carboxylic acids is 1. The number of anilines is 1. The molecule has 144 valence electrons. The number of pyridine rings is 1. The molecule has 0 unspecified atom stereocenters. The van der Waals surface area contributed by atoms with Crippen LogP contribution >= 0.6 is 0 Å². The minimum absolute atomic E-state index is 0.0451. The molecular formula is C23H26N4O. The smallest absolute Gasteiger partial charge is 0.317 e. The van der Waals surface area contributed by atoms with E-state index >= 15 is 0 Å². The molecule has 4 rings (SSSR count). The van der Waals surface area contributed by atoms with Crippen LogP contribution in [0.15, 0.2) is 66.9 Å². The molecule has 0 saturated carbocycles. The molecule has 1 aliphatic heterocycles. The van der Waals surface area contributed by atoms with Crippen LogP contribution in [0.5, 0.6) is 0 Å². The molecule has 3 aromatic rings. The highest BCUT2D eigenvalue weighted by atomic mass is 16.2. The first-order valence-electron chi connectivity index (χ1n) is 9.97. The van der Waals surface area contributed by atoms with E-state index in [9.17, 15) is 4.79 Å². The fourth-order valence-electron chi connectivity index (χ4n) is 3.74. The second-order valence-electron chi connectivity index (χ2n) is 7.15. The summed E-state index contributed by atoms with van der Waals surface area (Å²) in [5, 5.41) is 4.21. The number of amides is 2. The molecule has 0 spiro atoms. The van der Waals surface area contributed by atoms with Crippen molar-refractivity contribution in [2.45, 2.75) is 12.8 Å². The summed E-state index contributed by atoms with van der Waals surface area (Å²) < 4.78 is 0. The molecule has 1 fully saturated rings. The summed E-state index contributed by atoms with van der Waals surface area (Å²) in [5.41, 5.74) is 3.50. The van der Waals surface area contributed by atoms with E-state index in [-0.39, 0.29) is 6.03 Å². The molecule has 0 bridgehead atoms. The van der Waals surface area contributed by atoms with E-state index in [0.717, 1.165) is 55.6 Å². The summed E-state index contributed by atoms with van der Waals surface area (Å²) in [5.74, 6) is 0. The van der Waals surface area contributed by atoms with E-state index in [0.29, 0.717) is 6.54 Å². The summed E-state index contributed by atoms with van der Waals surface area (Å²) in [7, 11) is 0. The average Bonchev–Trinajstić information content (AvgIpc) is 2.77. The molecule has 0 atom stereocenters. The van der Waals surface area contributed by atoms with Gasteiger partial charge in [-0.1, -0.05) is 48.5 Å². The molecule has 0 aliphatic carbocycles. The van der Waals surface area contributed by atoms with Crippen LogP contribution in [0.1, 0.15) is 12.0 Å². The van der Waals surface area contributed by atoms with Gasteiger partial charge in [0.15, 0.2) is 0 Å². The van der Waals surface area contributed by atoms with Gasteiger partial charge in [-0.2, -0.15) is 0 Å². The quantitative estimate of drug-likeness (QED) is 0.693. The van der Waals surface area contributed by atoms with Crippen molar-refractivity contribution in [2.75, 3.05) is 37.6 Å². The molecule has 2 heterocycles. The SMILES string of the molecule is O=C(NCCCc1ccccc1)N1CCN(c2cccc3cccnc23)CC1. The number of aromatic nitrogens is 1. The summed E-state index contributed by atoms with van der Waals surface area (Å²) in [4.78, 5) is 21.2. The van der Waals surface area contributed by atoms with Gasteiger partial charge in [0.1, 0.15) is 0 Å². The fraction of sp³-hybridized carbons (Fsp3) is 0.304. The zero-order valence-corrected chi connectivity index (χ0v) is 16.1. The van der Waals surface area contributed by atoms with E-state index in [4.69, 9.17) is 0 Å². The van der Waals surface area contributed by atoms with Crippen LogP contribution in [0.25, 0.3) is 10.9 Å². The fourth-order valence-corrected chi connectivity index (χ4v) is 3.74. The lowest BCUT2D eigenvalue weighted by molar-refractivity contribution is 0.194. The van der Waals surface area contributed by atoms with Crippen LogP contribution in [-0.2, 0) is 6.42 Å². The Hall–Kier alpha value is -3.08. The van der Waals surface area contributed by atoms with Crippen molar-refractivity contribution in [3.05, 3.63) is 72.4 Å². The molecule has 28 heavy (non-hydrogen) atoms. The highest BCUT2D eigenvalue weighted by Crippen LogP contribution is 2.25. The Morgan fingerprint density at radius 3 is 2.54 bits per heavy atom. The number of rotatable bonds is 5. The van der Waals surface area contributed by atoms with Crippen molar-refractivity contribution in [1.29, 1.82) is 0 Å². The maximum absolute atomic E-state index is 12.4. The lowest BCUT2D eigenvalue weighted by Crippen LogP contribution is -2.52. The van der Waals surface area contributed by atoms with E-state index in [1.807, 2.05) is 23.2 Å². The molecule has 5 nitrogen and oxygen atoms in total. The van der Waals surface area contributed by atoms with Crippen LogP contribution in [0.2, 0.25) is 0 Å². The minimum Gasteiger partial charge on any atom is -0.366 e. The van der Waals surface area contributed by atoms with Gasteiger partial charge in [-0.05, 0) is 30.5 Å². The van der Waals surface area contributed by atoms with Gasteiger partial charge in [0, 0.05) is 44.3 Å². The molecule has 2 aromatic carbocycles. The van der Waals surface area contributed by atoms with E-state index < -0.39 is 0 Å². The third-order valence-electron chi connectivity index (χ3n) is 5.28. The van der Waals surface area contributed by atoms with E-state index in [1.54, 1.807) is 0 Å². The summed E-state index contributed by atoms with van der Waals surface area (Å²) in [6.45, 7) is 3.82. The predicted molar refractivity (Wildman–Crippen MR) is 114 cm³/mol. The van der Waals surface area contributed by atoms with Gasteiger partial charge in [-0.15, -0.1) is 0 Å². The molecule has 1 N–H and O–H groups in total.